The monoisotopic (exact) mass is 306 g/mol. The van der Waals surface area contributed by atoms with Crippen molar-refractivity contribution in [2.24, 2.45) is 0 Å². The van der Waals surface area contributed by atoms with Gasteiger partial charge in [-0.2, -0.15) is 0 Å². The van der Waals surface area contributed by atoms with E-state index in [2.05, 4.69) is 10.6 Å². The Bertz CT molecular complexity index is 257. The first-order chi connectivity index (χ1) is 7.40. The van der Waals surface area contributed by atoms with E-state index in [0.717, 1.165) is 0 Å². The highest BCUT2D eigenvalue weighted by atomic mass is 35.5. The average Bonchev–Trinajstić information content (AvgIpc) is 2.11. The highest BCUT2D eigenvalue weighted by Crippen LogP contribution is 2.16. The second-order valence-corrected chi connectivity index (χ2v) is 5.93. The number of alkyl halides is 4. The van der Waals surface area contributed by atoms with E-state index in [1.165, 1.54) is 0 Å². The van der Waals surface area contributed by atoms with Gasteiger partial charge >= 0.3 is 0 Å². The number of hydrogen-bond acceptors (Lipinski definition) is 2. The van der Waals surface area contributed by atoms with Crippen LogP contribution in [0, 0.1) is 0 Å². The average molecular weight is 308 g/mol. The molecule has 16 heavy (non-hydrogen) atoms. The summed E-state index contributed by atoms with van der Waals surface area (Å²) in [5, 5.41) is 5.03. The molecule has 92 valence electrons. The number of nitrogens with one attached hydrogen (secondary N) is 2. The first kappa shape index (κ1) is 14.2. The number of amides is 2. The molecule has 2 unspecified atom stereocenters. The molecule has 1 heterocycles. The summed E-state index contributed by atoms with van der Waals surface area (Å²) in [5.41, 5.74) is 0. The molecule has 1 aliphatic heterocycles. The molecule has 1 rings (SSSR count). The minimum atomic E-state index is -0.707. The lowest BCUT2D eigenvalue weighted by Gasteiger charge is -2.30. The van der Waals surface area contributed by atoms with Crippen molar-refractivity contribution in [2.45, 2.75) is 34.6 Å². The Balaban J connectivity index is 2.56. The maximum Gasteiger partial charge on any atom is 0.243 e. The molecule has 1 fully saturated rings. The fraction of sp³-hybridized carbons (Fsp3) is 0.750. The Morgan fingerprint density at radius 2 is 1.19 bits per heavy atom. The van der Waals surface area contributed by atoms with E-state index in [1.54, 1.807) is 0 Å². The molecule has 0 bridgehead atoms. The third-order valence-corrected chi connectivity index (χ3v) is 2.81. The molecule has 0 saturated carbocycles. The number of hydrogen-bond donors (Lipinski definition) is 2. The van der Waals surface area contributed by atoms with Gasteiger partial charge in [-0.05, 0) is 0 Å². The van der Waals surface area contributed by atoms with E-state index >= 15 is 0 Å². The molecule has 0 aromatic rings. The first-order valence-corrected chi connectivity index (χ1v) is 6.31. The van der Waals surface area contributed by atoms with Crippen LogP contribution in [0.5, 0.6) is 0 Å². The van der Waals surface area contributed by atoms with E-state index < -0.39 is 21.8 Å². The normalized spacial score (nSPS) is 25.9. The lowest BCUT2D eigenvalue weighted by atomic mass is 10.1. The van der Waals surface area contributed by atoms with Crippen LogP contribution in [-0.2, 0) is 9.59 Å². The van der Waals surface area contributed by atoms with Crippen LogP contribution in [0.1, 0.15) is 12.8 Å². The molecule has 1 saturated heterocycles. The minimum absolute atomic E-state index is 0.165. The van der Waals surface area contributed by atoms with E-state index in [9.17, 15) is 9.59 Å². The maximum atomic E-state index is 11.5. The van der Waals surface area contributed by atoms with Gasteiger partial charge in [0.1, 0.15) is 21.8 Å². The van der Waals surface area contributed by atoms with Crippen molar-refractivity contribution >= 4 is 58.2 Å². The van der Waals surface area contributed by atoms with Gasteiger partial charge in [0.25, 0.3) is 0 Å². The molecule has 0 spiro atoms. The predicted molar refractivity (Wildman–Crippen MR) is 64.1 cm³/mol. The second-order valence-electron chi connectivity index (χ2n) is 3.38. The van der Waals surface area contributed by atoms with Gasteiger partial charge in [-0.15, -0.1) is 46.4 Å². The zero-order chi connectivity index (χ0) is 12.3. The minimum Gasteiger partial charge on any atom is -0.342 e. The summed E-state index contributed by atoms with van der Waals surface area (Å²) in [5.74, 6) is -0.658. The number of halogens is 4. The van der Waals surface area contributed by atoms with Crippen LogP contribution in [0.2, 0.25) is 0 Å². The van der Waals surface area contributed by atoms with Gasteiger partial charge in [-0.1, -0.05) is 0 Å². The highest BCUT2D eigenvalue weighted by molar-refractivity contribution is 6.44. The van der Waals surface area contributed by atoms with Crippen LogP contribution in [0.3, 0.4) is 0 Å². The summed E-state index contributed by atoms with van der Waals surface area (Å²) >= 11 is 22.1. The third kappa shape index (κ3) is 4.17. The Labute approximate surface area is 113 Å². The lowest BCUT2D eigenvalue weighted by Crippen LogP contribution is -2.62. The van der Waals surface area contributed by atoms with Crippen LogP contribution in [0.25, 0.3) is 0 Å². The van der Waals surface area contributed by atoms with Gasteiger partial charge in [0, 0.05) is 12.8 Å². The van der Waals surface area contributed by atoms with Crippen molar-refractivity contribution in [3.63, 3.8) is 0 Å². The molecule has 0 aromatic carbocycles. The van der Waals surface area contributed by atoms with Gasteiger partial charge in [0.15, 0.2) is 0 Å². The Morgan fingerprint density at radius 3 is 1.44 bits per heavy atom. The van der Waals surface area contributed by atoms with Crippen LogP contribution < -0.4 is 10.6 Å². The molecule has 2 atom stereocenters. The molecule has 8 heteroatoms. The summed E-state index contributed by atoms with van der Waals surface area (Å²) in [4.78, 5) is 21.7. The van der Waals surface area contributed by atoms with E-state index in [0.29, 0.717) is 0 Å². The molecule has 2 amide bonds. The predicted octanol–water partition coefficient (Wildman–Crippen LogP) is 1.36. The van der Waals surface area contributed by atoms with Gasteiger partial charge in [-0.3, -0.25) is 9.59 Å². The molecule has 4 nitrogen and oxygen atoms in total. The smallest absolute Gasteiger partial charge is 0.243 e. The standard InChI is InChI=1S/C8H10Cl4N2O2/c9-5(10)1-3-7(15)14-4(2-6(11)12)8(16)13-3/h3-6H,1-2H2,(H,13,16)(H,14,15). The topological polar surface area (TPSA) is 58.2 Å². The molecule has 2 N–H and O–H groups in total. The largest absolute Gasteiger partial charge is 0.342 e. The summed E-state index contributed by atoms with van der Waals surface area (Å²) in [6.07, 6.45) is 0.331. The summed E-state index contributed by atoms with van der Waals surface area (Å²) in [7, 11) is 0. The van der Waals surface area contributed by atoms with Gasteiger partial charge < -0.3 is 10.6 Å². The van der Waals surface area contributed by atoms with Crippen molar-refractivity contribution in [2.75, 3.05) is 0 Å². The van der Waals surface area contributed by atoms with Crippen LogP contribution in [-0.4, -0.2) is 33.6 Å². The van der Waals surface area contributed by atoms with Crippen molar-refractivity contribution in [1.82, 2.24) is 10.6 Å². The fourth-order valence-corrected chi connectivity index (χ4v) is 2.08. The Hall–Kier alpha value is 0.1000. The number of piperazine rings is 1. The van der Waals surface area contributed by atoms with E-state index in [1.807, 2.05) is 0 Å². The zero-order valence-electron chi connectivity index (χ0n) is 8.05. The Kier molecular flexibility index (Phi) is 5.44. The van der Waals surface area contributed by atoms with Crippen molar-refractivity contribution in [3.8, 4) is 0 Å². The summed E-state index contributed by atoms with van der Waals surface area (Å²) in [6.45, 7) is 0. The molecule has 0 aromatic heterocycles. The molecular formula is C8H10Cl4N2O2. The third-order valence-electron chi connectivity index (χ3n) is 2.09. The molecular weight excluding hydrogens is 298 g/mol. The van der Waals surface area contributed by atoms with Crippen LogP contribution >= 0.6 is 46.4 Å². The second kappa shape index (κ2) is 6.15. The maximum absolute atomic E-state index is 11.5. The molecule has 0 aliphatic carbocycles. The quantitative estimate of drug-likeness (QED) is 0.771. The van der Waals surface area contributed by atoms with Gasteiger partial charge in [-0.25, -0.2) is 0 Å². The lowest BCUT2D eigenvalue weighted by molar-refractivity contribution is -0.136. The van der Waals surface area contributed by atoms with Crippen molar-refractivity contribution in [1.29, 1.82) is 0 Å². The number of rotatable bonds is 4. The molecule has 1 aliphatic rings. The van der Waals surface area contributed by atoms with E-state index in [4.69, 9.17) is 46.4 Å². The van der Waals surface area contributed by atoms with Gasteiger partial charge in [0.2, 0.25) is 11.8 Å². The number of carbonyl (C=O) groups excluding carboxylic acids is 2. The highest BCUT2D eigenvalue weighted by Gasteiger charge is 2.34. The SMILES string of the molecule is O=C1NC(CC(Cl)Cl)C(=O)NC1CC(Cl)Cl. The van der Waals surface area contributed by atoms with Crippen molar-refractivity contribution in [3.05, 3.63) is 0 Å². The number of carbonyl (C=O) groups is 2. The van der Waals surface area contributed by atoms with Crippen LogP contribution in [0.15, 0.2) is 0 Å². The fourth-order valence-electron chi connectivity index (χ4n) is 1.36. The first-order valence-electron chi connectivity index (χ1n) is 4.57. The summed E-state index contributed by atoms with van der Waals surface area (Å²) < 4.78 is 0. The zero-order valence-corrected chi connectivity index (χ0v) is 11.1. The molecule has 0 radical (unpaired) electrons. The van der Waals surface area contributed by atoms with Crippen molar-refractivity contribution < 1.29 is 9.59 Å². The van der Waals surface area contributed by atoms with Gasteiger partial charge in [0.05, 0.1) is 0 Å². The Morgan fingerprint density at radius 1 is 0.875 bits per heavy atom. The van der Waals surface area contributed by atoms with E-state index in [-0.39, 0.29) is 24.7 Å². The van der Waals surface area contributed by atoms with Crippen LogP contribution in [0.4, 0.5) is 0 Å². The summed E-state index contributed by atoms with van der Waals surface area (Å²) in [6, 6.07) is -1.40.